The summed E-state index contributed by atoms with van der Waals surface area (Å²) in [7, 11) is 0. The third kappa shape index (κ3) is 3.01. The van der Waals surface area contributed by atoms with Crippen molar-refractivity contribution < 1.29 is 10.3 Å². The molecule has 0 fully saturated rings. The number of rotatable bonds is 3. The summed E-state index contributed by atoms with van der Waals surface area (Å²) < 4.78 is 0. The van der Waals surface area contributed by atoms with Crippen LogP contribution in [0.4, 0.5) is 0 Å². The van der Waals surface area contributed by atoms with Crippen LogP contribution in [0.25, 0.3) is 11.1 Å². The van der Waals surface area contributed by atoms with E-state index < -0.39 is 5.60 Å². The zero-order valence-corrected chi connectivity index (χ0v) is 11.0. The lowest BCUT2D eigenvalue weighted by atomic mass is 9.94. The highest BCUT2D eigenvalue weighted by atomic mass is 16.4. The zero-order valence-electron chi connectivity index (χ0n) is 11.0. The molecule has 0 atom stereocenters. The first-order valence-corrected chi connectivity index (χ1v) is 6.13. The fourth-order valence-electron chi connectivity index (χ4n) is 1.98. The molecule has 2 rings (SSSR count). The molecule has 0 radical (unpaired) electrons. The number of benzene rings is 2. The molecule has 3 heteroatoms. The Morgan fingerprint density at radius 3 is 1.89 bits per heavy atom. The molecule has 2 aromatic rings. The van der Waals surface area contributed by atoms with E-state index in [1.54, 1.807) is 13.8 Å². The van der Waals surface area contributed by atoms with E-state index in [1.807, 2.05) is 54.6 Å². The molecule has 3 nitrogen and oxygen atoms in total. The van der Waals surface area contributed by atoms with Crippen molar-refractivity contribution in [3.05, 3.63) is 60.2 Å². The molecule has 0 aliphatic carbocycles. The molecule has 0 aliphatic rings. The van der Waals surface area contributed by atoms with Gasteiger partial charge in [0.15, 0.2) is 0 Å². The topological polar surface area (TPSA) is 52.8 Å². The number of nitrogens with zero attached hydrogens (tertiary/aromatic N) is 1. The average Bonchev–Trinajstić information content (AvgIpc) is 2.40. The highest BCUT2D eigenvalue weighted by Gasteiger charge is 2.23. The average molecular weight is 255 g/mol. The molecule has 0 unspecified atom stereocenters. The van der Waals surface area contributed by atoms with E-state index in [-0.39, 0.29) is 5.71 Å². The van der Waals surface area contributed by atoms with Crippen LogP contribution in [0.5, 0.6) is 0 Å². The number of hydrogen-bond donors (Lipinski definition) is 2. The van der Waals surface area contributed by atoms with Crippen LogP contribution in [-0.4, -0.2) is 21.6 Å². The normalized spacial score (nSPS) is 12.5. The van der Waals surface area contributed by atoms with E-state index in [0.717, 1.165) is 11.1 Å². The van der Waals surface area contributed by atoms with Gasteiger partial charge in [-0.05, 0) is 25.0 Å². The Morgan fingerprint density at radius 1 is 0.895 bits per heavy atom. The standard InChI is InChI=1S/C16H17NO2/c1-16(2,18)15(17-19)14-10-8-13(9-11-14)12-6-4-3-5-7-12/h3-11,18-19H,1-2H3/b17-15-. The molecule has 0 saturated carbocycles. The van der Waals surface area contributed by atoms with Gasteiger partial charge in [-0.25, -0.2) is 0 Å². The van der Waals surface area contributed by atoms with Crippen LogP contribution >= 0.6 is 0 Å². The van der Waals surface area contributed by atoms with E-state index in [4.69, 9.17) is 5.21 Å². The monoisotopic (exact) mass is 255 g/mol. The summed E-state index contributed by atoms with van der Waals surface area (Å²) in [6.45, 7) is 3.18. The molecule has 0 heterocycles. The Labute approximate surface area is 112 Å². The molecular formula is C16H17NO2. The van der Waals surface area contributed by atoms with Crippen molar-refractivity contribution in [2.24, 2.45) is 5.16 Å². The van der Waals surface area contributed by atoms with E-state index in [1.165, 1.54) is 0 Å². The first kappa shape index (κ1) is 13.3. The predicted octanol–water partition coefficient (Wildman–Crippen LogP) is 3.30. The maximum atomic E-state index is 9.93. The van der Waals surface area contributed by atoms with E-state index >= 15 is 0 Å². The number of aliphatic hydroxyl groups is 1. The molecule has 0 saturated heterocycles. The Kier molecular flexibility index (Phi) is 3.67. The van der Waals surface area contributed by atoms with Crippen LogP contribution in [0.1, 0.15) is 19.4 Å². The van der Waals surface area contributed by atoms with E-state index in [9.17, 15) is 5.11 Å². The van der Waals surface area contributed by atoms with Gasteiger partial charge in [-0.1, -0.05) is 59.8 Å². The summed E-state index contributed by atoms with van der Waals surface area (Å²) >= 11 is 0. The summed E-state index contributed by atoms with van der Waals surface area (Å²) in [5, 5.41) is 22.2. The van der Waals surface area contributed by atoms with Crippen LogP contribution < -0.4 is 0 Å². The Morgan fingerprint density at radius 2 is 1.42 bits per heavy atom. The number of hydrogen-bond acceptors (Lipinski definition) is 3. The van der Waals surface area contributed by atoms with Gasteiger partial charge in [0, 0.05) is 5.56 Å². The molecular weight excluding hydrogens is 238 g/mol. The maximum absolute atomic E-state index is 9.93. The minimum Gasteiger partial charge on any atom is -0.411 e. The molecule has 19 heavy (non-hydrogen) atoms. The Hall–Kier alpha value is -2.13. The second kappa shape index (κ2) is 5.24. The molecule has 0 spiro atoms. The van der Waals surface area contributed by atoms with Crippen molar-refractivity contribution in [1.29, 1.82) is 0 Å². The largest absolute Gasteiger partial charge is 0.411 e. The van der Waals surface area contributed by atoms with Crippen LogP contribution in [0.3, 0.4) is 0 Å². The van der Waals surface area contributed by atoms with Gasteiger partial charge in [0.1, 0.15) is 11.3 Å². The van der Waals surface area contributed by atoms with Crippen molar-refractivity contribution in [3.63, 3.8) is 0 Å². The first-order chi connectivity index (χ1) is 9.02. The molecule has 2 aromatic carbocycles. The van der Waals surface area contributed by atoms with Crippen LogP contribution in [0.15, 0.2) is 59.8 Å². The summed E-state index contributed by atoms with van der Waals surface area (Å²) in [5.41, 5.74) is 1.99. The van der Waals surface area contributed by atoms with Crippen molar-refractivity contribution in [1.82, 2.24) is 0 Å². The predicted molar refractivity (Wildman–Crippen MR) is 76.5 cm³/mol. The minimum absolute atomic E-state index is 0.257. The molecule has 0 bridgehead atoms. The van der Waals surface area contributed by atoms with Gasteiger partial charge in [0.25, 0.3) is 0 Å². The van der Waals surface area contributed by atoms with Gasteiger partial charge in [-0.15, -0.1) is 0 Å². The van der Waals surface area contributed by atoms with Crippen molar-refractivity contribution in [2.75, 3.05) is 0 Å². The third-order valence-corrected chi connectivity index (χ3v) is 2.94. The van der Waals surface area contributed by atoms with Crippen LogP contribution in [0, 0.1) is 0 Å². The SMILES string of the molecule is CC(C)(O)/C(=N\O)c1ccc(-c2ccccc2)cc1. The lowest BCUT2D eigenvalue weighted by Crippen LogP contribution is -2.32. The lowest BCUT2D eigenvalue weighted by molar-refractivity contribution is 0.148. The fraction of sp³-hybridized carbons (Fsp3) is 0.188. The summed E-state index contributed by atoms with van der Waals surface area (Å²) in [6, 6.07) is 17.6. The van der Waals surface area contributed by atoms with E-state index in [2.05, 4.69) is 5.16 Å². The highest BCUT2D eigenvalue weighted by Crippen LogP contribution is 2.21. The fourth-order valence-corrected chi connectivity index (χ4v) is 1.98. The summed E-state index contributed by atoms with van der Waals surface area (Å²) in [4.78, 5) is 0. The summed E-state index contributed by atoms with van der Waals surface area (Å²) in [5.74, 6) is 0. The van der Waals surface area contributed by atoms with Gasteiger partial charge in [0.05, 0.1) is 0 Å². The summed E-state index contributed by atoms with van der Waals surface area (Å²) in [6.07, 6.45) is 0. The lowest BCUT2D eigenvalue weighted by Gasteiger charge is -2.19. The van der Waals surface area contributed by atoms with Crippen LogP contribution in [-0.2, 0) is 0 Å². The Bertz CT molecular complexity index is 566. The quantitative estimate of drug-likeness (QED) is 0.502. The van der Waals surface area contributed by atoms with Crippen molar-refractivity contribution in [3.8, 4) is 11.1 Å². The molecule has 0 amide bonds. The first-order valence-electron chi connectivity index (χ1n) is 6.13. The van der Waals surface area contributed by atoms with Gasteiger partial charge in [-0.3, -0.25) is 0 Å². The smallest absolute Gasteiger partial charge is 0.118 e. The van der Waals surface area contributed by atoms with Crippen molar-refractivity contribution >= 4 is 5.71 Å². The molecule has 98 valence electrons. The Balaban J connectivity index is 2.34. The van der Waals surface area contributed by atoms with Crippen LogP contribution in [0.2, 0.25) is 0 Å². The van der Waals surface area contributed by atoms with Crippen molar-refractivity contribution in [2.45, 2.75) is 19.4 Å². The van der Waals surface area contributed by atoms with Gasteiger partial charge < -0.3 is 10.3 Å². The molecule has 0 aliphatic heterocycles. The van der Waals surface area contributed by atoms with Gasteiger partial charge >= 0.3 is 0 Å². The third-order valence-electron chi connectivity index (χ3n) is 2.94. The molecule has 0 aromatic heterocycles. The van der Waals surface area contributed by atoms with Gasteiger partial charge in [0.2, 0.25) is 0 Å². The van der Waals surface area contributed by atoms with Gasteiger partial charge in [-0.2, -0.15) is 0 Å². The highest BCUT2D eigenvalue weighted by molar-refractivity contribution is 6.05. The zero-order chi connectivity index (χ0) is 13.9. The minimum atomic E-state index is -1.18. The maximum Gasteiger partial charge on any atom is 0.118 e. The van der Waals surface area contributed by atoms with E-state index in [0.29, 0.717) is 5.56 Å². The second-order valence-electron chi connectivity index (χ2n) is 4.95. The second-order valence-corrected chi connectivity index (χ2v) is 4.95. The number of oxime groups is 1. The molecule has 2 N–H and O–H groups in total.